The molecule has 138 valence electrons. The molecule has 0 saturated carbocycles. The van der Waals surface area contributed by atoms with Crippen LogP contribution in [0.4, 0.5) is 17.6 Å². The molecule has 0 amide bonds. The minimum Gasteiger partial charge on any atom is -0.476 e. The zero-order chi connectivity index (χ0) is 19.3. The number of alkyl halides is 3. The summed E-state index contributed by atoms with van der Waals surface area (Å²) in [4.78, 5) is 15.8. The van der Waals surface area contributed by atoms with E-state index < -0.39 is 23.5 Å². The molecule has 1 N–H and O–H groups in total. The number of aromatic carboxylic acids is 1. The Hall–Kier alpha value is -3.23. The Morgan fingerprint density at radius 1 is 1.19 bits per heavy atom. The quantitative estimate of drug-likeness (QED) is 0.688. The maximum absolute atomic E-state index is 13.6. The summed E-state index contributed by atoms with van der Waals surface area (Å²) in [5.74, 6) is -2.69. The van der Waals surface area contributed by atoms with Gasteiger partial charge in [0.1, 0.15) is 5.82 Å². The summed E-state index contributed by atoms with van der Waals surface area (Å²) in [5.41, 5.74) is 0.310. The van der Waals surface area contributed by atoms with Crippen molar-refractivity contribution in [3.8, 4) is 16.9 Å². The largest absolute Gasteiger partial charge is 0.476 e. The Kier molecular flexibility index (Phi) is 3.76. The van der Waals surface area contributed by atoms with Crippen LogP contribution in [-0.2, 0) is 19.0 Å². The second-order valence-corrected chi connectivity index (χ2v) is 6.05. The van der Waals surface area contributed by atoms with Crippen molar-refractivity contribution in [3.05, 3.63) is 64.9 Å². The second kappa shape index (κ2) is 5.90. The standard InChI is InChI=1S/C18H11F4N3O2/c19-13-5-3-9(8-12(13)18(20,21)22)25-16-10-2-1-7-23-14(10)6-4-11(16)15(24-25)17(26)27/h1-3,5,7-8H,4,6H2,(H,26,27). The SMILES string of the molecule is O=C(O)c1nn(-c2ccc(F)c(C(F)(F)F)c2)c2c1CCc1ncccc1-2. The zero-order valence-corrected chi connectivity index (χ0v) is 13.6. The van der Waals surface area contributed by atoms with Crippen LogP contribution < -0.4 is 0 Å². The Morgan fingerprint density at radius 2 is 1.96 bits per heavy atom. The molecular formula is C18H11F4N3O2. The number of pyridine rings is 1. The number of carboxylic acids is 1. The zero-order valence-electron chi connectivity index (χ0n) is 13.6. The summed E-state index contributed by atoms with van der Waals surface area (Å²) in [6.45, 7) is 0. The number of rotatable bonds is 2. The topological polar surface area (TPSA) is 68.0 Å². The molecule has 2 aromatic heterocycles. The lowest BCUT2D eigenvalue weighted by atomic mass is 9.92. The number of aryl methyl sites for hydroxylation is 1. The molecule has 4 rings (SSSR count). The molecule has 0 radical (unpaired) electrons. The Morgan fingerprint density at radius 3 is 2.67 bits per heavy atom. The third-order valence-electron chi connectivity index (χ3n) is 4.44. The fourth-order valence-corrected chi connectivity index (χ4v) is 3.28. The number of carbonyl (C=O) groups is 1. The van der Waals surface area contributed by atoms with Crippen LogP contribution in [-0.4, -0.2) is 25.8 Å². The van der Waals surface area contributed by atoms with Gasteiger partial charge in [0.25, 0.3) is 0 Å². The Bertz CT molecular complexity index is 1070. The van der Waals surface area contributed by atoms with Gasteiger partial charge in [-0.2, -0.15) is 18.3 Å². The number of halogens is 4. The first-order chi connectivity index (χ1) is 12.8. The average Bonchev–Trinajstić information content (AvgIpc) is 3.01. The van der Waals surface area contributed by atoms with Gasteiger partial charge in [-0.3, -0.25) is 4.98 Å². The van der Waals surface area contributed by atoms with E-state index in [-0.39, 0.29) is 11.4 Å². The van der Waals surface area contributed by atoms with Crippen molar-refractivity contribution in [1.29, 1.82) is 0 Å². The Balaban J connectivity index is 2.00. The molecule has 0 fully saturated rings. The molecule has 27 heavy (non-hydrogen) atoms. The van der Waals surface area contributed by atoms with Crippen molar-refractivity contribution >= 4 is 5.97 Å². The molecule has 0 aliphatic heterocycles. The summed E-state index contributed by atoms with van der Waals surface area (Å²) in [7, 11) is 0. The first-order valence-electron chi connectivity index (χ1n) is 7.94. The van der Waals surface area contributed by atoms with Gasteiger partial charge < -0.3 is 5.11 Å². The van der Waals surface area contributed by atoms with Gasteiger partial charge in [-0.25, -0.2) is 13.9 Å². The number of benzene rings is 1. The molecule has 5 nitrogen and oxygen atoms in total. The minimum atomic E-state index is -4.89. The lowest BCUT2D eigenvalue weighted by molar-refractivity contribution is -0.140. The number of fused-ring (bicyclic) bond motifs is 3. The monoisotopic (exact) mass is 377 g/mol. The third-order valence-corrected chi connectivity index (χ3v) is 4.44. The minimum absolute atomic E-state index is 0.0795. The van der Waals surface area contributed by atoms with E-state index in [0.29, 0.717) is 47.5 Å². The van der Waals surface area contributed by atoms with Crippen LogP contribution in [0.5, 0.6) is 0 Å². The fourth-order valence-electron chi connectivity index (χ4n) is 3.28. The van der Waals surface area contributed by atoms with Crippen molar-refractivity contribution in [2.24, 2.45) is 0 Å². The van der Waals surface area contributed by atoms with Gasteiger partial charge in [0, 0.05) is 17.3 Å². The van der Waals surface area contributed by atoms with E-state index in [1.54, 1.807) is 18.3 Å². The highest BCUT2D eigenvalue weighted by atomic mass is 19.4. The molecule has 9 heteroatoms. The summed E-state index contributed by atoms with van der Waals surface area (Å²) < 4.78 is 54.0. The predicted octanol–water partition coefficient (Wildman–Crippen LogP) is 3.89. The molecule has 0 bridgehead atoms. The summed E-state index contributed by atoms with van der Waals surface area (Å²) in [6, 6.07) is 5.81. The van der Waals surface area contributed by atoms with Crippen LogP contribution in [0.1, 0.15) is 27.3 Å². The predicted molar refractivity (Wildman–Crippen MR) is 86.1 cm³/mol. The van der Waals surface area contributed by atoms with E-state index in [0.717, 1.165) is 10.7 Å². The number of carboxylic acid groups (broad SMARTS) is 1. The second-order valence-electron chi connectivity index (χ2n) is 6.05. The number of hydrogen-bond acceptors (Lipinski definition) is 3. The smallest absolute Gasteiger partial charge is 0.419 e. The highest BCUT2D eigenvalue weighted by Crippen LogP contribution is 2.38. The van der Waals surface area contributed by atoms with Gasteiger partial charge >= 0.3 is 12.1 Å². The molecule has 1 aliphatic carbocycles. The molecule has 0 spiro atoms. The van der Waals surface area contributed by atoms with Gasteiger partial charge in [-0.15, -0.1) is 0 Å². The van der Waals surface area contributed by atoms with Crippen LogP contribution in [0, 0.1) is 5.82 Å². The third kappa shape index (κ3) is 2.75. The van der Waals surface area contributed by atoms with Crippen molar-refractivity contribution < 1.29 is 27.5 Å². The molecule has 0 unspecified atom stereocenters. The first kappa shape index (κ1) is 17.2. The average molecular weight is 377 g/mol. The lowest BCUT2D eigenvalue weighted by Gasteiger charge is -2.18. The number of nitrogens with zero attached hydrogens (tertiary/aromatic N) is 3. The van der Waals surface area contributed by atoms with Crippen molar-refractivity contribution in [3.63, 3.8) is 0 Å². The van der Waals surface area contributed by atoms with Crippen LogP contribution in [0.2, 0.25) is 0 Å². The summed E-state index contributed by atoms with van der Waals surface area (Å²) in [6.07, 6.45) is -2.47. The first-order valence-corrected chi connectivity index (χ1v) is 7.94. The summed E-state index contributed by atoms with van der Waals surface area (Å²) >= 11 is 0. The van der Waals surface area contributed by atoms with E-state index >= 15 is 0 Å². The molecule has 0 atom stereocenters. The van der Waals surface area contributed by atoms with Crippen molar-refractivity contribution in [2.45, 2.75) is 19.0 Å². The van der Waals surface area contributed by atoms with Gasteiger partial charge in [-0.05, 0) is 43.2 Å². The molecular weight excluding hydrogens is 366 g/mol. The normalized spacial score (nSPS) is 13.2. The van der Waals surface area contributed by atoms with Crippen LogP contribution in [0.25, 0.3) is 16.9 Å². The van der Waals surface area contributed by atoms with Crippen molar-refractivity contribution in [1.82, 2.24) is 14.8 Å². The Labute approximate surface area is 149 Å². The lowest BCUT2D eigenvalue weighted by Crippen LogP contribution is -2.11. The van der Waals surface area contributed by atoms with Crippen molar-refractivity contribution in [2.75, 3.05) is 0 Å². The molecule has 0 saturated heterocycles. The maximum atomic E-state index is 13.6. The van der Waals surface area contributed by atoms with E-state index in [2.05, 4.69) is 10.1 Å². The van der Waals surface area contributed by atoms with Gasteiger partial charge in [0.05, 0.1) is 22.6 Å². The highest BCUT2D eigenvalue weighted by molar-refractivity contribution is 5.91. The fraction of sp³-hybridized carbons (Fsp3) is 0.167. The molecule has 3 aromatic rings. The van der Waals surface area contributed by atoms with Crippen LogP contribution in [0.15, 0.2) is 36.5 Å². The highest BCUT2D eigenvalue weighted by Gasteiger charge is 2.35. The van der Waals surface area contributed by atoms with E-state index in [1.807, 2.05) is 0 Å². The van der Waals surface area contributed by atoms with E-state index in [4.69, 9.17) is 0 Å². The number of hydrogen-bond donors (Lipinski definition) is 1. The van der Waals surface area contributed by atoms with Crippen LogP contribution >= 0.6 is 0 Å². The summed E-state index contributed by atoms with van der Waals surface area (Å²) in [5, 5.41) is 13.5. The molecule has 1 aromatic carbocycles. The van der Waals surface area contributed by atoms with Gasteiger partial charge in [-0.1, -0.05) is 0 Å². The molecule has 2 heterocycles. The van der Waals surface area contributed by atoms with E-state index in [9.17, 15) is 27.5 Å². The molecule has 1 aliphatic rings. The maximum Gasteiger partial charge on any atom is 0.419 e. The van der Waals surface area contributed by atoms with Gasteiger partial charge in [0.15, 0.2) is 5.69 Å². The van der Waals surface area contributed by atoms with E-state index in [1.165, 1.54) is 0 Å². The van der Waals surface area contributed by atoms with Gasteiger partial charge in [0.2, 0.25) is 0 Å². The number of aromatic nitrogens is 3. The van der Waals surface area contributed by atoms with Crippen LogP contribution in [0.3, 0.4) is 0 Å².